The number of hydrogen-bond acceptors (Lipinski definition) is 4. The van der Waals surface area contributed by atoms with Gasteiger partial charge >= 0.3 is 5.97 Å². The minimum atomic E-state index is -0.586. The van der Waals surface area contributed by atoms with Gasteiger partial charge in [-0.3, -0.25) is 5.32 Å². The van der Waals surface area contributed by atoms with Crippen molar-refractivity contribution in [1.82, 2.24) is 5.32 Å². The summed E-state index contributed by atoms with van der Waals surface area (Å²) in [5.41, 5.74) is 1.65. The normalized spacial score (nSPS) is 22.9. The van der Waals surface area contributed by atoms with E-state index in [-0.39, 0.29) is 5.97 Å². The molecule has 92 valence electrons. The highest BCUT2D eigenvalue weighted by atomic mass is 16.6. The van der Waals surface area contributed by atoms with E-state index in [0.717, 1.165) is 16.9 Å². The molecule has 1 unspecified atom stereocenters. The molecule has 1 heterocycles. The van der Waals surface area contributed by atoms with E-state index in [1.165, 1.54) is 0 Å². The standard InChI is InChI=1S/C13H17NO3/c1-9-4-5-10(2)11(6-9)17-8-14-13(3)7-16-12(13)15/h4-6,14H,7-8H2,1-3H3. The van der Waals surface area contributed by atoms with Crippen molar-refractivity contribution >= 4 is 5.97 Å². The Hall–Kier alpha value is -1.55. The van der Waals surface area contributed by atoms with Gasteiger partial charge in [-0.25, -0.2) is 4.79 Å². The van der Waals surface area contributed by atoms with E-state index < -0.39 is 5.54 Å². The van der Waals surface area contributed by atoms with E-state index in [1.54, 1.807) is 0 Å². The second-order valence-corrected chi connectivity index (χ2v) is 4.64. The monoisotopic (exact) mass is 235 g/mol. The van der Waals surface area contributed by atoms with Gasteiger partial charge in [0.15, 0.2) is 5.54 Å². The van der Waals surface area contributed by atoms with Gasteiger partial charge in [0.2, 0.25) is 0 Å². The van der Waals surface area contributed by atoms with Gasteiger partial charge in [0.1, 0.15) is 19.1 Å². The van der Waals surface area contributed by atoms with Gasteiger partial charge in [-0.2, -0.15) is 0 Å². The molecule has 1 atom stereocenters. The summed E-state index contributed by atoms with van der Waals surface area (Å²) in [5, 5.41) is 3.04. The van der Waals surface area contributed by atoms with Crippen molar-refractivity contribution in [2.45, 2.75) is 26.3 Å². The summed E-state index contributed by atoms with van der Waals surface area (Å²) in [4.78, 5) is 11.2. The highest BCUT2D eigenvalue weighted by Crippen LogP contribution is 2.20. The van der Waals surface area contributed by atoms with Gasteiger partial charge in [0.05, 0.1) is 0 Å². The zero-order valence-electron chi connectivity index (χ0n) is 10.4. The van der Waals surface area contributed by atoms with Crippen LogP contribution in [0.4, 0.5) is 0 Å². The first kappa shape index (κ1) is 11.9. The number of aryl methyl sites for hydroxylation is 2. The SMILES string of the molecule is Cc1ccc(C)c(OCNC2(C)COC2=O)c1. The van der Waals surface area contributed by atoms with Gasteiger partial charge in [0, 0.05) is 0 Å². The molecule has 17 heavy (non-hydrogen) atoms. The van der Waals surface area contributed by atoms with E-state index in [2.05, 4.69) is 5.32 Å². The predicted molar refractivity (Wildman–Crippen MR) is 63.9 cm³/mol. The Labute approximate surface area is 101 Å². The molecule has 0 spiro atoms. The van der Waals surface area contributed by atoms with Crippen LogP contribution in [0.15, 0.2) is 18.2 Å². The van der Waals surface area contributed by atoms with Crippen molar-refractivity contribution in [3.8, 4) is 5.75 Å². The number of carbonyl (C=O) groups excluding carboxylic acids is 1. The second-order valence-electron chi connectivity index (χ2n) is 4.64. The van der Waals surface area contributed by atoms with Crippen molar-refractivity contribution in [3.63, 3.8) is 0 Å². The zero-order valence-corrected chi connectivity index (χ0v) is 10.4. The lowest BCUT2D eigenvalue weighted by Crippen LogP contribution is -2.63. The Bertz CT molecular complexity index is 444. The topological polar surface area (TPSA) is 47.6 Å². The molecular weight excluding hydrogens is 218 g/mol. The largest absolute Gasteiger partial charge is 0.478 e. The molecule has 0 radical (unpaired) electrons. The van der Waals surface area contributed by atoms with Gasteiger partial charge in [0.25, 0.3) is 0 Å². The molecule has 0 amide bonds. The number of nitrogens with one attached hydrogen (secondary N) is 1. The molecule has 0 saturated carbocycles. The van der Waals surface area contributed by atoms with Crippen LogP contribution in [0.3, 0.4) is 0 Å². The molecule has 0 bridgehead atoms. The molecule has 0 aromatic heterocycles. The van der Waals surface area contributed by atoms with Crippen LogP contribution >= 0.6 is 0 Å². The van der Waals surface area contributed by atoms with Gasteiger partial charge in [-0.15, -0.1) is 0 Å². The van der Waals surface area contributed by atoms with Gasteiger partial charge in [-0.05, 0) is 38.0 Å². The highest BCUT2D eigenvalue weighted by Gasteiger charge is 2.44. The number of cyclic esters (lactones) is 1. The average molecular weight is 235 g/mol. The minimum Gasteiger partial charge on any atom is -0.478 e. The van der Waals surface area contributed by atoms with Crippen LogP contribution in [0, 0.1) is 13.8 Å². The lowest BCUT2D eigenvalue weighted by atomic mass is 10.0. The summed E-state index contributed by atoms with van der Waals surface area (Å²) in [6.45, 7) is 6.53. The Morgan fingerprint density at radius 2 is 2.24 bits per heavy atom. The van der Waals surface area contributed by atoms with Gasteiger partial charge in [-0.1, -0.05) is 12.1 Å². The maximum Gasteiger partial charge on any atom is 0.329 e. The Morgan fingerprint density at radius 3 is 2.82 bits per heavy atom. The minimum absolute atomic E-state index is 0.220. The third kappa shape index (κ3) is 2.42. The maximum absolute atomic E-state index is 11.2. The summed E-state index contributed by atoms with van der Waals surface area (Å²) >= 11 is 0. The van der Waals surface area contributed by atoms with E-state index >= 15 is 0 Å². The Balaban J connectivity index is 1.90. The van der Waals surface area contributed by atoms with Crippen molar-refractivity contribution < 1.29 is 14.3 Å². The van der Waals surface area contributed by atoms with Crippen LogP contribution in [0.1, 0.15) is 18.1 Å². The smallest absolute Gasteiger partial charge is 0.329 e. The molecule has 4 heteroatoms. The molecule has 1 aromatic rings. The molecule has 2 rings (SSSR count). The highest BCUT2D eigenvalue weighted by molar-refractivity contribution is 5.85. The van der Waals surface area contributed by atoms with E-state index in [0.29, 0.717) is 13.3 Å². The lowest BCUT2D eigenvalue weighted by Gasteiger charge is -2.36. The van der Waals surface area contributed by atoms with Crippen LogP contribution < -0.4 is 10.1 Å². The van der Waals surface area contributed by atoms with E-state index in [4.69, 9.17) is 9.47 Å². The molecule has 1 aromatic carbocycles. The number of ether oxygens (including phenoxy) is 2. The number of esters is 1. The van der Waals surface area contributed by atoms with E-state index in [1.807, 2.05) is 39.0 Å². The summed E-state index contributed by atoms with van der Waals surface area (Å²) in [6, 6.07) is 6.04. The quantitative estimate of drug-likeness (QED) is 0.635. The lowest BCUT2D eigenvalue weighted by molar-refractivity contribution is -0.174. The molecule has 0 aliphatic carbocycles. The van der Waals surface area contributed by atoms with Crippen molar-refractivity contribution in [1.29, 1.82) is 0 Å². The fourth-order valence-corrected chi connectivity index (χ4v) is 1.61. The van der Waals surface area contributed by atoms with Crippen LogP contribution in [-0.4, -0.2) is 24.8 Å². The molecule has 4 nitrogen and oxygen atoms in total. The van der Waals surface area contributed by atoms with Crippen LogP contribution in [0.25, 0.3) is 0 Å². The molecule has 1 N–H and O–H groups in total. The first-order valence-electron chi connectivity index (χ1n) is 5.63. The van der Waals surface area contributed by atoms with Crippen LogP contribution in [-0.2, 0) is 9.53 Å². The average Bonchev–Trinajstić information content (AvgIpc) is 2.31. The third-order valence-electron chi connectivity index (χ3n) is 2.98. The van der Waals surface area contributed by atoms with Crippen LogP contribution in [0.2, 0.25) is 0 Å². The summed E-state index contributed by atoms with van der Waals surface area (Å²) in [7, 11) is 0. The summed E-state index contributed by atoms with van der Waals surface area (Å²) < 4.78 is 10.4. The second kappa shape index (κ2) is 4.37. The predicted octanol–water partition coefficient (Wildman–Crippen LogP) is 1.54. The van der Waals surface area contributed by atoms with E-state index in [9.17, 15) is 4.79 Å². The Kier molecular flexibility index (Phi) is 3.07. The molecule has 1 aliphatic rings. The first-order valence-corrected chi connectivity index (χ1v) is 5.63. The molecule has 1 saturated heterocycles. The zero-order chi connectivity index (χ0) is 12.5. The van der Waals surface area contributed by atoms with Crippen molar-refractivity contribution in [3.05, 3.63) is 29.3 Å². The summed E-state index contributed by atoms with van der Waals surface area (Å²) in [6.07, 6.45) is 0. The number of rotatable bonds is 4. The fraction of sp³-hybridized carbons (Fsp3) is 0.462. The van der Waals surface area contributed by atoms with Crippen molar-refractivity contribution in [2.75, 3.05) is 13.3 Å². The third-order valence-corrected chi connectivity index (χ3v) is 2.98. The number of benzene rings is 1. The maximum atomic E-state index is 11.2. The summed E-state index contributed by atoms with van der Waals surface area (Å²) in [5.74, 6) is 0.621. The molecule has 1 aliphatic heterocycles. The number of hydrogen-bond donors (Lipinski definition) is 1. The first-order chi connectivity index (χ1) is 8.01. The van der Waals surface area contributed by atoms with Crippen molar-refractivity contribution in [2.24, 2.45) is 0 Å². The van der Waals surface area contributed by atoms with Gasteiger partial charge < -0.3 is 9.47 Å². The Morgan fingerprint density at radius 1 is 1.47 bits per heavy atom. The fourth-order valence-electron chi connectivity index (χ4n) is 1.61. The number of carbonyl (C=O) groups is 1. The van der Waals surface area contributed by atoms with Crippen LogP contribution in [0.5, 0.6) is 5.75 Å². The molecular formula is C13H17NO3. The molecule has 1 fully saturated rings.